The predicted octanol–water partition coefficient (Wildman–Crippen LogP) is 4.16. The van der Waals surface area contributed by atoms with Gasteiger partial charge in [-0.25, -0.2) is 13.1 Å². The number of rotatable bonds is 9. The first-order chi connectivity index (χ1) is 12.4. The van der Waals surface area contributed by atoms with Crippen LogP contribution in [0.4, 0.5) is 0 Å². The molecule has 0 aromatic heterocycles. The fourth-order valence-corrected chi connectivity index (χ4v) is 3.93. The zero-order valence-electron chi connectivity index (χ0n) is 15.7. The van der Waals surface area contributed by atoms with Gasteiger partial charge in [0.25, 0.3) is 0 Å². The van der Waals surface area contributed by atoms with Gasteiger partial charge >= 0.3 is 0 Å². The van der Waals surface area contributed by atoms with Crippen molar-refractivity contribution in [1.29, 1.82) is 0 Å². The van der Waals surface area contributed by atoms with Crippen molar-refractivity contribution < 1.29 is 17.9 Å². The average molecular weight is 378 g/mol. The van der Waals surface area contributed by atoms with Gasteiger partial charge in [-0.15, -0.1) is 0 Å². The van der Waals surface area contributed by atoms with Crippen LogP contribution in [0.5, 0.6) is 11.5 Å². The number of benzene rings is 2. The summed E-state index contributed by atoms with van der Waals surface area (Å²) in [6, 6.07) is 13.6. The van der Waals surface area contributed by atoms with Crippen molar-refractivity contribution in [1.82, 2.24) is 4.72 Å². The van der Waals surface area contributed by atoms with Gasteiger partial charge in [0.1, 0.15) is 11.5 Å². The number of methoxy groups -OCH3 is 1. The molecule has 2 aromatic rings. The fraction of sp³-hybridized carbons (Fsp3) is 0.400. The van der Waals surface area contributed by atoms with E-state index in [4.69, 9.17) is 9.47 Å². The molecule has 2 rings (SSSR count). The quantitative estimate of drug-likeness (QED) is 0.713. The molecule has 0 radical (unpaired) electrons. The highest BCUT2D eigenvalue weighted by molar-refractivity contribution is 7.89. The molecule has 0 aliphatic carbocycles. The standard InChI is InChI=1S/C20H27NO4S/c1-5-25-18-10-12-19(13-11-18)26(22,23)21-20(14-15(2)3)16-6-8-17(24-4)9-7-16/h6-13,15,20-21H,5,14H2,1-4H3/t20-/m1/s1. The minimum Gasteiger partial charge on any atom is -0.497 e. The Kier molecular flexibility index (Phi) is 7.06. The molecule has 6 heteroatoms. The van der Waals surface area contributed by atoms with Crippen LogP contribution < -0.4 is 14.2 Å². The van der Waals surface area contributed by atoms with E-state index in [1.165, 1.54) is 0 Å². The molecule has 1 atom stereocenters. The van der Waals surface area contributed by atoms with E-state index in [0.717, 1.165) is 11.3 Å². The number of ether oxygens (including phenoxy) is 2. The van der Waals surface area contributed by atoms with E-state index in [-0.39, 0.29) is 10.9 Å². The summed E-state index contributed by atoms with van der Waals surface area (Å²) in [6.45, 7) is 6.57. The summed E-state index contributed by atoms with van der Waals surface area (Å²) in [5, 5.41) is 0. The van der Waals surface area contributed by atoms with Crippen LogP contribution in [0.1, 0.15) is 38.8 Å². The maximum absolute atomic E-state index is 12.8. The van der Waals surface area contributed by atoms with Gasteiger partial charge in [-0.3, -0.25) is 0 Å². The number of hydrogen-bond donors (Lipinski definition) is 1. The van der Waals surface area contributed by atoms with Crippen LogP contribution in [0.15, 0.2) is 53.4 Å². The van der Waals surface area contributed by atoms with Crippen molar-refractivity contribution in [3.63, 3.8) is 0 Å². The lowest BCUT2D eigenvalue weighted by Crippen LogP contribution is -2.29. The van der Waals surface area contributed by atoms with Crippen LogP contribution in [0, 0.1) is 5.92 Å². The van der Waals surface area contributed by atoms with E-state index in [9.17, 15) is 8.42 Å². The minimum absolute atomic E-state index is 0.225. The molecular weight excluding hydrogens is 350 g/mol. The van der Waals surface area contributed by atoms with Crippen molar-refractivity contribution in [3.05, 3.63) is 54.1 Å². The maximum Gasteiger partial charge on any atom is 0.241 e. The van der Waals surface area contributed by atoms with Gasteiger partial charge < -0.3 is 9.47 Å². The summed E-state index contributed by atoms with van der Waals surface area (Å²) in [5.41, 5.74) is 0.911. The van der Waals surface area contributed by atoms with E-state index in [2.05, 4.69) is 18.6 Å². The van der Waals surface area contributed by atoms with E-state index < -0.39 is 10.0 Å². The molecule has 1 N–H and O–H groups in total. The number of hydrogen-bond acceptors (Lipinski definition) is 4. The Labute approximate surface area is 156 Å². The third kappa shape index (κ3) is 5.47. The molecule has 5 nitrogen and oxygen atoms in total. The van der Waals surface area contributed by atoms with E-state index >= 15 is 0 Å². The number of sulfonamides is 1. The SMILES string of the molecule is CCOc1ccc(S(=O)(=O)N[C@H](CC(C)C)c2ccc(OC)cc2)cc1. The summed E-state index contributed by atoms with van der Waals surface area (Å²) >= 11 is 0. The lowest BCUT2D eigenvalue weighted by atomic mass is 9.98. The molecule has 0 fully saturated rings. The maximum atomic E-state index is 12.8. The lowest BCUT2D eigenvalue weighted by Gasteiger charge is -2.21. The van der Waals surface area contributed by atoms with Gasteiger partial charge in [-0.05, 0) is 61.2 Å². The highest BCUT2D eigenvalue weighted by atomic mass is 32.2. The Morgan fingerprint density at radius 2 is 1.54 bits per heavy atom. The first-order valence-corrected chi connectivity index (χ1v) is 10.2. The molecule has 0 bridgehead atoms. The monoisotopic (exact) mass is 377 g/mol. The van der Waals surface area contributed by atoms with Crippen LogP contribution >= 0.6 is 0 Å². The van der Waals surface area contributed by atoms with Crippen LogP contribution in [0.25, 0.3) is 0 Å². The van der Waals surface area contributed by atoms with Crippen molar-refractivity contribution in [2.45, 2.75) is 38.1 Å². The Morgan fingerprint density at radius 1 is 0.962 bits per heavy atom. The van der Waals surface area contributed by atoms with Gasteiger partial charge in [0.2, 0.25) is 10.0 Å². The van der Waals surface area contributed by atoms with E-state index in [0.29, 0.717) is 24.7 Å². The van der Waals surface area contributed by atoms with Crippen LogP contribution in [0.3, 0.4) is 0 Å². The minimum atomic E-state index is -3.64. The second-order valence-corrected chi connectivity index (χ2v) is 8.19. The second kappa shape index (κ2) is 9.05. The van der Waals surface area contributed by atoms with Gasteiger partial charge in [-0.1, -0.05) is 26.0 Å². The van der Waals surface area contributed by atoms with Gasteiger partial charge in [0.15, 0.2) is 0 Å². The Hall–Kier alpha value is -2.05. The van der Waals surface area contributed by atoms with E-state index in [1.807, 2.05) is 31.2 Å². The summed E-state index contributed by atoms with van der Waals surface area (Å²) in [7, 11) is -2.03. The zero-order chi connectivity index (χ0) is 19.2. The third-order valence-corrected chi connectivity index (χ3v) is 5.46. The molecule has 0 aliphatic rings. The third-order valence-electron chi connectivity index (χ3n) is 3.97. The first kappa shape index (κ1) is 20.3. The molecule has 0 saturated heterocycles. The highest BCUT2D eigenvalue weighted by Crippen LogP contribution is 2.26. The molecule has 0 spiro atoms. The predicted molar refractivity (Wildman–Crippen MR) is 103 cm³/mol. The molecule has 0 aliphatic heterocycles. The summed E-state index contributed by atoms with van der Waals surface area (Å²) in [6.07, 6.45) is 0.697. The summed E-state index contributed by atoms with van der Waals surface area (Å²) in [5.74, 6) is 1.73. The molecule has 142 valence electrons. The lowest BCUT2D eigenvalue weighted by molar-refractivity contribution is 0.340. The molecule has 0 heterocycles. The summed E-state index contributed by atoms with van der Waals surface area (Å²) in [4.78, 5) is 0.225. The Balaban J connectivity index is 2.24. The Bertz CT molecular complexity index is 784. The zero-order valence-corrected chi connectivity index (χ0v) is 16.5. The van der Waals surface area contributed by atoms with E-state index in [1.54, 1.807) is 31.4 Å². The topological polar surface area (TPSA) is 64.6 Å². The number of nitrogens with one attached hydrogen (secondary N) is 1. The largest absolute Gasteiger partial charge is 0.497 e. The average Bonchev–Trinajstić information content (AvgIpc) is 2.61. The fourth-order valence-electron chi connectivity index (χ4n) is 2.70. The molecule has 2 aromatic carbocycles. The molecule has 26 heavy (non-hydrogen) atoms. The van der Waals surface area contributed by atoms with Crippen molar-refractivity contribution >= 4 is 10.0 Å². The molecule has 0 unspecified atom stereocenters. The smallest absolute Gasteiger partial charge is 0.241 e. The van der Waals surface area contributed by atoms with Crippen molar-refractivity contribution in [2.75, 3.05) is 13.7 Å². The van der Waals surface area contributed by atoms with Crippen LogP contribution in [-0.2, 0) is 10.0 Å². The van der Waals surface area contributed by atoms with Crippen LogP contribution in [-0.4, -0.2) is 22.1 Å². The van der Waals surface area contributed by atoms with Crippen LogP contribution in [0.2, 0.25) is 0 Å². The van der Waals surface area contributed by atoms with Gasteiger partial charge in [0.05, 0.1) is 18.6 Å². The van der Waals surface area contributed by atoms with Gasteiger partial charge in [-0.2, -0.15) is 0 Å². The molecular formula is C20H27NO4S. The second-order valence-electron chi connectivity index (χ2n) is 6.48. The van der Waals surface area contributed by atoms with Crippen molar-refractivity contribution in [2.24, 2.45) is 5.92 Å². The summed E-state index contributed by atoms with van der Waals surface area (Å²) < 4.78 is 39.0. The molecule has 0 amide bonds. The van der Waals surface area contributed by atoms with Crippen molar-refractivity contribution in [3.8, 4) is 11.5 Å². The first-order valence-electron chi connectivity index (χ1n) is 8.75. The van der Waals surface area contributed by atoms with Gasteiger partial charge in [0, 0.05) is 6.04 Å². The normalized spacial score (nSPS) is 12.8. The Morgan fingerprint density at radius 3 is 2.04 bits per heavy atom. The highest BCUT2D eigenvalue weighted by Gasteiger charge is 2.22. The molecule has 0 saturated carbocycles.